The summed E-state index contributed by atoms with van der Waals surface area (Å²) in [5.41, 5.74) is 1.50. The summed E-state index contributed by atoms with van der Waals surface area (Å²) in [6.45, 7) is 6.54. The van der Waals surface area contributed by atoms with Crippen LogP contribution in [0.25, 0.3) is 0 Å². The highest BCUT2D eigenvalue weighted by Crippen LogP contribution is 2.26. The van der Waals surface area contributed by atoms with E-state index in [9.17, 15) is 10.1 Å². The number of aryl methyl sites for hydroxylation is 1. The second kappa shape index (κ2) is 6.19. The van der Waals surface area contributed by atoms with Crippen molar-refractivity contribution in [2.45, 2.75) is 33.6 Å². The maximum atomic E-state index is 10.9. The van der Waals surface area contributed by atoms with Crippen molar-refractivity contribution in [2.24, 2.45) is 5.41 Å². The van der Waals surface area contributed by atoms with Crippen LogP contribution in [0, 0.1) is 33.8 Å². The van der Waals surface area contributed by atoms with E-state index in [1.54, 1.807) is 19.1 Å². The number of nitro benzene ring substituents is 1. The number of nitro groups is 1. The van der Waals surface area contributed by atoms with E-state index in [0.717, 1.165) is 12.1 Å². The van der Waals surface area contributed by atoms with Crippen LogP contribution in [0.2, 0.25) is 0 Å². The number of hydrogen-bond donors (Lipinski definition) is 1. The van der Waals surface area contributed by atoms with Gasteiger partial charge in [0.05, 0.1) is 11.0 Å². The minimum absolute atomic E-state index is 0.0185. The van der Waals surface area contributed by atoms with Gasteiger partial charge in [0.1, 0.15) is 0 Å². The Kier molecular flexibility index (Phi) is 4.87. The number of rotatable bonds is 6. The van der Waals surface area contributed by atoms with Gasteiger partial charge in [-0.05, 0) is 24.8 Å². The van der Waals surface area contributed by atoms with Gasteiger partial charge >= 0.3 is 0 Å². The van der Waals surface area contributed by atoms with Crippen molar-refractivity contribution in [2.75, 3.05) is 11.9 Å². The average Bonchev–Trinajstić information content (AvgIpc) is 2.35. The molecular formula is C14H19N3O2. The van der Waals surface area contributed by atoms with Crippen LogP contribution < -0.4 is 5.32 Å². The normalized spacial score (nSPS) is 10.8. The standard InChI is InChI=1S/C14H19N3O2/c1-11-5-6-12(9-13(11)17(18)19)16-10-14(2,3)7-4-8-15/h5-6,9,16H,4,7,10H2,1-3H3. The minimum atomic E-state index is -0.374. The summed E-state index contributed by atoms with van der Waals surface area (Å²) in [6, 6.07) is 7.26. The Balaban J connectivity index is 2.71. The van der Waals surface area contributed by atoms with E-state index >= 15 is 0 Å². The molecule has 0 aromatic heterocycles. The van der Waals surface area contributed by atoms with E-state index in [2.05, 4.69) is 25.2 Å². The van der Waals surface area contributed by atoms with Gasteiger partial charge in [-0.1, -0.05) is 19.9 Å². The predicted molar refractivity (Wildman–Crippen MR) is 75.0 cm³/mol. The van der Waals surface area contributed by atoms with Gasteiger partial charge in [-0.3, -0.25) is 10.1 Å². The quantitative estimate of drug-likeness (QED) is 0.626. The second-order valence-electron chi connectivity index (χ2n) is 5.43. The van der Waals surface area contributed by atoms with E-state index in [4.69, 9.17) is 5.26 Å². The van der Waals surface area contributed by atoms with Crippen LogP contribution in [0.15, 0.2) is 18.2 Å². The van der Waals surface area contributed by atoms with Crippen molar-refractivity contribution in [3.05, 3.63) is 33.9 Å². The Morgan fingerprint density at radius 3 is 2.74 bits per heavy atom. The molecule has 0 fully saturated rings. The van der Waals surface area contributed by atoms with E-state index in [1.807, 2.05) is 6.07 Å². The van der Waals surface area contributed by atoms with Crippen molar-refractivity contribution in [1.82, 2.24) is 0 Å². The van der Waals surface area contributed by atoms with E-state index in [1.165, 1.54) is 0 Å². The molecule has 0 unspecified atom stereocenters. The van der Waals surface area contributed by atoms with Crippen molar-refractivity contribution < 1.29 is 4.92 Å². The number of nitriles is 1. The first-order valence-electron chi connectivity index (χ1n) is 6.21. The molecule has 0 saturated heterocycles. The largest absolute Gasteiger partial charge is 0.384 e. The maximum absolute atomic E-state index is 10.9. The zero-order valence-electron chi connectivity index (χ0n) is 11.6. The molecule has 0 saturated carbocycles. The lowest BCUT2D eigenvalue weighted by Gasteiger charge is -2.24. The summed E-state index contributed by atoms with van der Waals surface area (Å²) in [4.78, 5) is 10.5. The Morgan fingerprint density at radius 1 is 1.47 bits per heavy atom. The summed E-state index contributed by atoms with van der Waals surface area (Å²) in [6.07, 6.45) is 1.31. The molecule has 1 N–H and O–H groups in total. The molecule has 0 bridgehead atoms. The summed E-state index contributed by atoms with van der Waals surface area (Å²) < 4.78 is 0. The third-order valence-corrected chi connectivity index (χ3v) is 3.09. The molecule has 0 radical (unpaired) electrons. The van der Waals surface area contributed by atoms with Gasteiger partial charge in [-0.25, -0.2) is 0 Å². The Labute approximate surface area is 113 Å². The first-order valence-corrected chi connectivity index (χ1v) is 6.21. The predicted octanol–water partition coefficient (Wildman–Crippen LogP) is 3.65. The van der Waals surface area contributed by atoms with Gasteiger partial charge in [-0.15, -0.1) is 0 Å². The zero-order valence-corrected chi connectivity index (χ0v) is 11.6. The van der Waals surface area contributed by atoms with Gasteiger partial charge in [0.15, 0.2) is 0 Å². The minimum Gasteiger partial charge on any atom is -0.384 e. The van der Waals surface area contributed by atoms with Crippen LogP contribution in [0.4, 0.5) is 11.4 Å². The molecule has 0 aliphatic heterocycles. The topological polar surface area (TPSA) is 79.0 Å². The molecule has 0 aliphatic rings. The Bertz CT molecular complexity index is 504. The molecule has 0 atom stereocenters. The lowest BCUT2D eigenvalue weighted by Crippen LogP contribution is -2.22. The lowest BCUT2D eigenvalue weighted by atomic mass is 9.88. The summed E-state index contributed by atoms with van der Waals surface area (Å²) in [5.74, 6) is 0. The molecule has 1 aromatic rings. The first-order chi connectivity index (χ1) is 8.85. The van der Waals surface area contributed by atoms with Gasteiger partial charge < -0.3 is 5.32 Å². The number of benzene rings is 1. The average molecular weight is 261 g/mol. The molecule has 0 heterocycles. The van der Waals surface area contributed by atoms with Crippen LogP contribution in [0.3, 0.4) is 0 Å². The van der Waals surface area contributed by atoms with Crippen molar-refractivity contribution in [3.8, 4) is 6.07 Å². The fourth-order valence-electron chi connectivity index (χ4n) is 1.74. The molecule has 1 aromatic carbocycles. The number of anilines is 1. The molecule has 0 spiro atoms. The molecule has 0 aliphatic carbocycles. The SMILES string of the molecule is Cc1ccc(NCC(C)(C)CCC#N)cc1[N+](=O)[O-]. The monoisotopic (exact) mass is 261 g/mol. The summed E-state index contributed by atoms with van der Waals surface area (Å²) >= 11 is 0. The molecule has 0 amide bonds. The summed E-state index contributed by atoms with van der Waals surface area (Å²) in [5, 5.41) is 22.7. The molecular weight excluding hydrogens is 242 g/mol. The van der Waals surface area contributed by atoms with Gasteiger partial charge in [0.25, 0.3) is 5.69 Å². The highest BCUT2D eigenvalue weighted by Gasteiger charge is 2.18. The summed E-state index contributed by atoms with van der Waals surface area (Å²) in [7, 11) is 0. The highest BCUT2D eigenvalue weighted by atomic mass is 16.6. The number of nitrogens with one attached hydrogen (secondary N) is 1. The first kappa shape index (κ1) is 15.0. The smallest absolute Gasteiger partial charge is 0.274 e. The highest BCUT2D eigenvalue weighted by molar-refractivity contribution is 5.54. The van der Waals surface area contributed by atoms with Crippen LogP contribution in [-0.4, -0.2) is 11.5 Å². The van der Waals surface area contributed by atoms with E-state index in [0.29, 0.717) is 18.5 Å². The fraction of sp³-hybridized carbons (Fsp3) is 0.500. The van der Waals surface area contributed by atoms with Crippen LogP contribution in [0.1, 0.15) is 32.3 Å². The Morgan fingerprint density at radius 2 is 2.16 bits per heavy atom. The van der Waals surface area contributed by atoms with Crippen molar-refractivity contribution in [3.63, 3.8) is 0 Å². The molecule has 5 nitrogen and oxygen atoms in total. The van der Waals surface area contributed by atoms with Gasteiger partial charge in [0, 0.05) is 30.3 Å². The molecule has 102 valence electrons. The van der Waals surface area contributed by atoms with Gasteiger partial charge in [-0.2, -0.15) is 5.26 Å². The fourth-order valence-corrected chi connectivity index (χ4v) is 1.74. The van der Waals surface area contributed by atoms with Crippen LogP contribution in [-0.2, 0) is 0 Å². The van der Waals surface area contributed by atoms with Gasteiger partial charge in [0.2, 0.25) is 0 Å². The lowest BCUT2D eigenvalue weighted by molar-refractivity contribution is -0.385. The van der Waals surface area contributed by atoms with E-state index in [-0.39, 0.29) is 16.0 Å². The number of hydrogen-bond acceptors (Lipinski definition) is 4. The van der Waals surface area contributed by atoms with Crippen molar-refractivity contribution in [1.29, 1.82) is 5.26 Å². The van der Waals surface area contributed by atoms with E-state index < -0.39 is 0 Å². The second-order valence-corrected chi connectivity index (χ2v) is 5.43. The van der Waals surface area contributed by atoms with Crippen LogP contribution in [0.5, 0.6) is 0 Å². The third kappa shape index (κ3) is 4.59. The number of nitrogens with zero attached hydrogens (tertiary/aromatic N) is 2. The zero-order chi connectivity index (χ0) is 14.5. The molecule has 1 rings (SSSR count). The molecule has 5 heteroatoms. The molecule has 19 heavy (non-hydrogen) atoms. The van der Waals surface area contributed by atoms with Crippen LogP contribution >= 0.6 is 0 Å². The third-order valence-electron chi connectivity index (χ3n) is 3.09. The Hall–Kier alpha value is -2.09. The maximum Gasteiger partial charge on any atom is 0.274 e. The van der Waals surface area contributed by atoms with Crippen molar-refractivity contribution >= 4 is 11.4 Å².